The van der Waals surface area contributed by atoms with E-state index in [0.29, 0.717) is 5.95 Å². The molecule has 0 spiro atoms. The predicted octanol–water partition coefficient (Wildman–Crippen LogP) is 0.477. The molecule has 18 heavy (non-hydrogen) atoms. The first-order chi connectivity index (χ1) is 8.79. The van der Waals surface area contributed by atoms with E-state index in [2.05, 4.69) is 14.9 Å². The summed E-state index contributed by atoms with van der Waals surface area (Å²) in [4.78, 5) is 12.4. The molecule has 1 aromatic rings. The van der Waals surface area contributed by atoms with E-state index in [-0.39, 0.29) is 0 Å². The van der Waals surface area contributed by atoms with Gasteiger partial charge in [0.2, 0.25) is 11.9 Å². The molecule has 0 atom stereocenters. The average molecular weight is 253 g/mol. The maximum Gasteiger partial charge on any atom is 0.228 e. The Balaban J connectivity index is 1.79. The van der Waals surface area contributed by atoms with Crippen molar-refractivity contribution in [3.8, 4) is 0 Å². The Kier molecular flexibility index (Phi) is 4.83. The van der Waals surface area contributed by atoms with E-state index in [1.807, 2.05) is 4.90 Å². The minimum Gasteiger partial charge on any atom is -0.338 e. The summed E-state index contributed by atoms with van der Waals surface area (Å²) < 4.78 is 13.0. The summed E-state index contributed by atoms with van der Waals surface area (Å²) in [7, 11) is 0. The SMILES string of the molecule is NCCCCN1CCN(c2nccc(F)n2)CC1. The van der Waals surface area contributed by atoms with Crippen LogP contribution in [0.1, 0.15) is 12.8 Å². The molecular formula is C12H20FN5. The third kappa shape index (κ3) is 3.61. The highest BCUT2D eigenvalue weighted by Gasteiger charge is 2.18. The van der Waals surface area contributed by atoms with Crippen molar-refractivity contribution in [3.63, 3.8) is 0 Å². The Morgan fingerprint density at radius 2 is 2.00 bits per heavy atom. The summed E-state index contributed by atoms with van der Waals surface area (Å²) in [6.07, 6.45) is 3.69. The second-order valence-electron chi connectivity index (χ2n) is 4.50. The van der Waals surface area contributed by atoms with Gasteiger partial charge in [-0.15, -0.1) is 0 Å². The lowest BCUT2D eigenvalue weighted by Crippen LogP contribution is -2.47. The van der Waals surface area contributed by atoms with Gasteiger partial charge in [-0.1, -0.05) is 0 Å². The van der Waals surface area contributed by atoms with Crippen LogP contribution in [0.15, 0.2) is 12.3 Å². The summed E-state index contributed by atoms with van der Waals surface area (Å²) in [6, 6.07) is 1.27. The lowest BCUT2D eigenvalue weighted by atomic mass is 10.2. The lowest BCUT2D eigenvalue weighted by Gasteiger charge is -2.34. The number of piperazine rings is 1. The Morgan fingerprint density at radius 1 is 1.22 bits per heavy atom. The van der Waals surface area contributed by atoms with Crippen LogP contribution < -0.4 is 10.6 Å². The average Bonchev–Trinajstić information content (AvgIpc) is 2.40. The van der Waals surface area contributed by atoms with Gasteiger partial charge in [0, 0.05) is 38.4 Å². The molecule has 2 rings (SSSR count). The maximum atomic E-state index is 13.0. The predicted molar refractivity (Wildman–Crippen MR) is 68.9 cm³/mol. The standard InChI is InChI=1S/C12H20FN5/c13-11-3-5-15-12(16-11)18-9-7-17(8-10-18)6-2-1-4-14/h3,5H,1-2,4,6-10,14H2. The van der Waals surface area contributed by atoms with Gasteiger partial charge < -0.3 is 10.6 Å². The van der Waals surface area contributed by atoms with Gasteiger partial charge in [0.25, 0.3) is 0 Å². The monoisotopic (exact) mass is 253 g/mol. The molecule has 100 valence electrons. The van der Waals surface area contributed by atoms with E-state index in [1.165, 1.54) is 12.3 Å². The van der Waals surface area contributed by atoms with Crippen molar-refractivity contribution >= 4 is 5.95 Å². The first kappa shape index (κ1) is 13.2. The molecule has 5 nitrogen and oxygen atoms in total. The molecule has 0 saturated carbocycles. The van der Waals surface area contributed by atoms with Gasteiger partial charge in [0.05, 0.1) is 0 Å². The van der Waals surface area contributed by atoms with E-state index < -0.39 is 5.95 Å². The van der Waals surface area contributed by atoms with Crippen LogP contribution >= 0.6 is 0 Å². The minimum absolute atomic E-state index is 0.467. The third-order valence-corrected chi connectivity index (χ3v) is 3.19. The first-order valence-corrected chi connectivity index (χ1v) is 6.45. The van der Waals surface area contributed by atoms with E-state index in [0.717, 1.165) is 52.1 Å². The highest BCUT2D eigenvalue weighted by atomic mass is 19.1. The molecule has 1 fully saturated rings. The van der Waals surface area contributed by atoms with Gasteiger partial charge >= 0.3 is 0 Å². The summed E-state index contributed by atoms with van der Waals surface area (Å²) in [5.41, 5.74) is 5.48. The second kappa shape index (κ2) is 6.61. The first-order valence-electron chi connectivity index (χ1n) is 6.45. The number of hydrogen-bond acceptors (Lipinski definition) is 5. The highest BCUT2D eigenvalue weighted by Crippen LogP contribution is 2.11. The number of nitrogens with two attached hydrogens (primary N) is 1. The van der Waals surface area contributed by atoms with E-state index in [9.17, 15) is 4.39 Å². The largest absolute Gasteiger partial charge is 0.338 e. The Morgan fingerprint density at radius 3 is 2.67 bits per heavy atom. The zero-order valence-electron chi connectivity index (χ0n) is 10.6. The zero-order valence-corrected chi connectivity index (χ0v) is 10.6. The van der Waals surface area contributed by atoms with Crippen molar-refractivity contribution in [1.29, 1.82) is 0 Å². The summed E-state index contributed by atoms with van der Waals surface area (Å²) in [5.74, 6) is 0.0296. The fourth-order valence-electron chi connectivity index (χ4n) is 2.13. The van der Waals surface area contributed by atoms with Crippen molar-refractivity contribution in [1.82, 2.24) is 14.9 Å². The zero-order chi connectivity index (χ0) is 12.8. The number of halogens is 1. The van der Waals surface area contributed by atoms with E-state index >= 15 is 0 Å². The molecule has 0 amide bonds. The molecule has 2 heterocycles. The van der Waals surface area contributed by atoms with Gasteiger partial charge in [-0.25, -0.2) is 4.98 Å². The number of aromatic nitrogens is 2. The van der Waals surface area contributed by atoms with Crippen LogP contribution in [0.2, 0.25) is 0 Å². The van der Waals surface area contributed by atoms with Crippen LogP contribution in [0.3, 0.4) is 0 Å². The minimum atomic E-state index is -0.467. The summed E-state index contributed by atoms with van der Waals surface area (Å²) in [6.45, 7) is 5.51. The third-order valence-electron chi connectivity index (χ3n) is 3.19. The second-order valence-corrected chi connectivity index (χ2v) is 4.50. The number of unbranched alkanes of at least 4 members (excludes halogenated alkanes) is 1. The van der Waals surface area contributed by atoms with Crippen molar-refractivity contribution in [2.75, 3.05) is 44.2 Å². The maximum absolute atomic E-state index is 13.0. The van der Waals surface area contributed by atoms with Crippen LogP contribution in [-0.4, -0.2) is 54.1 Å². The van der Waals surface area contributed by atoms with Gasteiger partial charge in [-0.2, -0.15) is 9.37 Å². The number of nitrogens with zero attached hydrogens (tertiary/aromatic N) is 4. The van der Waals surface area contributed by atoms with Crippen molar-refractivity contribution in [3.05, 3.63) is 18.2 Å². The van der Waals surface area contributed by atoms with Gasteiger partial charge in [-0.3, -0.25) is 4.90 Å². The molecule has 1 aromatic heterocycles. The molecule has 6 heteroatoms. The van der Waals surface area contributed by atoms with Crippen molar-refractivity contribution < 1.29 is 4.39 Å². The number of rotatable bonds is 5. The molecule has 0 bridgehead atoms. The normalized spacial score (nSPS) is 17.1. The molecule has 2 N–H and O–H groups in total. The molecule has 0 aromatic carbocycles. The van der Waals surface area contributed by atoms with E-state index in [4.69, 9.17) is 5.73 Å². The van der Waals surface area contributed by atoms with Crippen LogP contribution in [0.5, 0.6) is 0 Å². The molecule has 1 aliphatic rings. The molecular weight excluding hydrogens is 233 g/mol. The van der Waals surface area contributed by atoms with Crippen LogP contribution in [-0.2, 0) is 0 Å². The number of anilines is 1. The fourth-order valence-corrected chi connectivity index (χ4v) is 2.13. The fraction of sp³-hybridized carbons (Fsp3) is 0.667. The molecule has 1 saturated heterocycles. The molecule has 0 unspecified atom stereocenters. The van der Waals surface area contributed by atoms with Crippen LogP contribution in [0.25, 0.3) is 0 Å². The van der Waals surface area contributed by atoms with Gasteiger partial charge in [0.1, 0.15) is 0 Å². The summed E-state index contributed by atoms with van der Waals surface area (Å²) in [5, 5.41) is 0. The molecule has 0 radical (unpaired) electrons. The van der Waals surface area contributed by atoms with Crippen molar-refractivity contribution in [2.45, 2.75) is 12.8 Å². The van der Waals surface area contributed by atoms with Gasteiger partial charge in [-0.05, 0) is 25.9 Å². The van der Waals surface area contributed by atoms with E-state index in [1.54, 1.807) is 0 Å². The molecule has 0 aliphatic carbocycles. The van der Waals surface area contributed by atoms with Crippen molar-refractivity contribution in [2.24, 2.45) is 5.73 Å². The summed E-state index contributed by atoms with van der Waals surface area (Å²) >= 11 is 0. The Labute approximate surface area is 107 Å². The molecule has 1 aliphatic heterocycles. The highest BCUT2D eigenvalue weighted by molar-refractivity contribution is 5.29. The Bertz CT molecular complexity index is 365. The quantitative estimate of drug-likeness (QED) is 0.611. The van der Waals surface area contributed by atoms with Gasteiger partial charge in [0.15, 0.2) is 0 Å². The smallest absolute Gasteiger partial charge is 0.228 e. The number of hydrogen-bond donors (Lipinski definition) is 1. The Hall–Kier alpha value is -1.27. The van der Waals surface area contributed by atoms with Crippen LogP contribution in [0.4, 0.5) is 10.3 Å². The lowest BCUT2D eigenvalue weighted by molar-refractivity contribution is 0.252. The van der Waals surface area contributed by atoms with Crippen LogP contribution in [0, 0.1) is 5.95 Å². The topological polar surface area (TPSA) is 58.3 Å².